The summed E-state index contributed by atoms with van der Waals surface area (Å²) >= 11 is 7.49. The average molecular weight is 409 g/mol. The molecule has 7 heteroatoms. The van der Waals surface area contributed by atoms with Crippen molar-refractivity contribution in [3.63, 3.8) is 0 Å². The number of amides is 1. The van der Waals surface area contributed by atoms with Crippen LogP contribution >= 0.6 is 23.4 Å². The van der Waals surface area contributed by atoms with Gasteiger partial charge >= 0.3 is 0 Å². The van der Waals surface area contributed by atoms with E-state index < -0.39 is 0 Å². The zero-order valence-corrected chi connectivity index (χ0v) is 16.7. The highest BCUT2D eigenvalue weighted by Crippen LogP contribution is 2.26. The number of thioether (sulfide) groups is 1. The van der Waals surface area contributed by atoms with Crippen molar-refractivity contribution in [2.75, 3.05) is 11.1 Å². The molecule has 2 aromatic heterocycles. The van der Waals surface area contributed by atoms with Crippen LogP contribution in [0.4, 0.5) is 5.69 Å². The number of halogens is 1. The summed E-state index contributed by atoms with van der Waals surface area (Å²) in [5.74, 6) is 0.126. The monoisotopic (exact) mass is 408 g/mol. The fraction of sp³-hybridized carbons (Fsp3) is 0.0952. The maximum absolute atomic E-state index is 12.3. The molecular formula is C21H17ClN4OS. The first-order valence-corrected chi connectivity index (χ1v) is 10.0. The molecule has 0 bridgehead atoms. The molecule has 2 aromatic carbocycles. The number of rotatable bonds is 5. The lowest BCUT2D eigenvalue weighted by molar-refractivity contribution is -0.113. The Morgan fingerprint density at radius 1 is 1.18 bits per heavy atom. The number of aromatic nitrogens is 3. The van der Waals surface area contributed by atoms with Crippen molar-refractivity contribution in [2.45, 2.75) is 11.9 Å². The molecule has 0 aliphatic carbocycles. The summed E-state index contributed by atoms with van der Waals surface area (Å²) in [4.78, 5) is 16.7. The lowest BCUT2D eigenvalue weighted by Crippen LogP contribution is -2.14. The SMILES string of the molecule is Cc1ccc(NC(=O)CSc2nccn3nc(-c4ccccc4)cc23)cc1Cl. The van der Waals surface area contributed by atoms with Crippen LogP contribution in [0.5, 0.6) is 0 Å². The number of carbonyl (C=O) groups excluding carboxylic acids is 1. The Hall–Kier alpha value is -2.83. The molecule has 0 fully saturated rings. The summed E-state index contributed by atoms with van der Waals surface area (Å²) in [6.07, 6.45) is 3.50. The van der Waals surface area contributed by atoms with Crippen molar-refractivity contribution in [3.05, 3.63) is 77.6 Å². The van der Waals surface area contributed by atoms with E-state index in [1.807, 2.05) is 55.5 Å². The zero-order valence-electron chi connectivity index (χ0n) is 15.1. The maximum atomic E-state index is 12.3. The summed E-state index contributed by atoms with van der Waals surface area (Å²) in [7, 11) is 0. The molecule has 0 saturated heterocycles. The molecule has 5 nitrogen and oxygen atoms in total. The molecule has 4 rings (SSSR count). The van der Waals surface area contributed by atoms with Gasteiger partial charge in [0.2, 0.25) is 5.91 Å². The van der Waals surface area contributed by atoms with Crippen molar-refractivity contribution in [1.29, 1.82) is 0 Å². The van der Waals surface area contributed by atoms with Crippen LogP contribution < -0.4 is 5.32 Å². The summed E-state index contributed by atoms with van der Waals surface area (Å²) in [6.45, 7) is 1.92. The molecule has 0 aliphatic rings. The number of anilines is 1. The van der Waals surface area contributed by atoms with Gasteiger partial charge in [0.25, 0.3) is 0 Å². The van der Waals surface area contributed by atoms with E-state index in [2.05, 4.69) is 15.4 Å². The number of carbonyl (C=O) groups is 1. The Kier molecular flexibility index (Phi) is 5.32. The van der Waals surface area contributed by atoms with Crippen LogP contribution in [-0.2, 0) is 4.79 Å². The summed E-state index contributed by atoms with van der Waals surface area (Å²) < 4.78 is 1.79. The standard InChI is InChI=1S/C21H17ClN4OS/c1-14-7-8-16(11-17(14)22)24-20(27)13-28-21-19-12-18(15-5-3-2-4-6-15)25-26(19)10-9-23-21/h2-12H,13H2,1H3,(H,24,27). The third-order valence-electron chi connectivity index (χ3n) is 4.22. The molecule has 0 saturated carbocycles. The fourth-order valence-corrected chi connectivity index (χ4v) is 3.72. The number of benzene rings is 2. The smallest absolute Gasteiger partial charge is 0.234 e. The molecule has 0 aliphatic heterocycles. The van der Waals surface area contributed by atoms with E-state index in [4.69, 9.17) is 11.6 Å². The van der Waals surface area contributed by atoms with Gasteiger partial charge in [0, 0.05) is 28.7 Å². The van der Waals surface area contributed by atoms with E-state index in [9.17, 15) is 4.79 Å². The minimum atomic E-state index is -0.114. The molecule has 0 atom stereocenters. The molecule has 0 spiro atoms. The van der Waals surface area contributed by atoms with Crippen LogP contribution in [0.15, 0.2) is 72.0 Å². The van der Waals surface area contributed by atoms with E-state index in [0.29, 0.717) is 10.7 Å². The van der Waals surface area contributed by atoms with Crippen molar-refractivity contribution in [1.82, 2.24) is 14.6 Å². The second kappa shape index (κ2) is 8.04. The summed E-state index contributed by atoms with van der Waals surface area (Å²) in [5.41, 5.74) is 4.44. The number of nitrogens with zero attached hydrogens (tertiary/aromatic N) is 3. The topological polar surface area (TPSA) is 59.3 Å². The zero-order chi connectivity index (χ0) is 19.5. The number of hydrogen-bond acceptors (Lipinski definition) is 4. The van der Waals surface area contributed by atoms with Gasteiger partial charge in [-0.1, -0.05) is 59.8 Å². The molecule has 0 unspecified atom stereocenters. The van der Waals surface area contributed by atoms with Gasteiger partial charge < -0.3 is 5.32 Å². The predicted molar refractivity (Wildman–Crippen MR) is 114 cm³/mol. The Labute approximate surface area is 171 Å². The highest BCUT2D eigenvalue weighted by molar-refractivity contribution is 8.00. The second-order valence-electron chi connectivity index (χ2n) is 6.26. The van der Waals surface area contributed by atoms with Crippen LogP contribution in [0.3, 0.4) is 0 Å². The third-order valence-corrected chi connectivity index (χ3v) is 5.62. The maximum Gasteiger partial charge on any atom is 0.234 e. The number of fused-ring (bicyclic) bond motifs is 1. The normalized spacial score (nSPS) is 10.9. The van der Waals surface area contributed by atoms with E-state index in [-0.39, 0.29) is 11.7 Å². The summed E-state index contributed by atoms with van der Waals surface area (Å²) in [6, 6.07) is 17.4. The van der Waals surface area contributed by atoms with Gasteiger partial charge in [-0.2, -0.15) is 5.10 Å². The Balaban J connectivity index is 1.49. The molecule has 28 heavy (non-hydrogen) atoms. The highest BCUT2D eigenvalue weighted by atomic mass is 35.5. The van der Waals surface area contributed by atoms with Gasteiger partial charge in [-0.15, -0.1) is 0 Å². The van der Waals surface area contributed by atoms with Gasteiger partial charge in [0.15, 0.2) is 0 Å². The summed E-state index contributed by atoms with van der Waals surface area (Å²) in [5, 5.41) is 8.86. The Morgan fingerprint density at radius 2 is 2.00 bits per heavy atom. The number of hydrogen-bond donors (Lipinski definition) is 1. The fourth-order valence-electron chi connectivity index (χ4n) is 2.76. The van der Waals surface area contributed by atoms with E-state index >= 15 is 0 Å². The van der Waals surface area contributed by atoms with E-state index in [1.54, 1.807) is 23.0 Å². The van der Waals surface area contributed by atoms with Crippen LogP contribution in [0, 0.1) is 6.92 Å². The van der Waals surface area contributed by atoms with Crippen LogP contribution in [0.1, 0.15) is 5.56 Å². The van der Waals surface area contributed by atoms with Crippen molar-refractivity contribution < 1.29 is 4.79 Å². The van der Waals surface area contributed by atoms with Crippen molar-refractivity contribution >= 4 is 40.5 Å². The third kappa shape index (κ3) is 4.03. The van der Waals surface area contributed by atoms with Gasteiger partial charge in [0.1, 0.15) is 5.03 Å². The minimum absolute atomic E-state index is 0.114. The highest BCUT2D eigenvalue weighted by Gasteiger charge is 2.11. The average Bonchev–Trinajstić information content (AvgIpc) is 3.15. The minimum Gasteiger partial charge on any atom is -0.325 e. The van der Waals surface area contributed by atoms with Crippen LogP contribution in [-0.4, -0.2) is 26.3 Å². The molecule has 2 heterocycles. The van der Waals surface area contributed by atoms with Crippen molar-refractivity contribution in [3.8, 4) is 11.3 Å². The molecule has 1 amide bonds. The first kappa shape index (κ1) is 18.5. The van der Waals surface area contributed by atoms with Crippen LogP contribution in [0.25, 0.3) is 16.8 Å². The lowest BCUT2D eigenvalue weighted by Gasteiger charge is -2.07. The van der Waals surface area contributed by atoms with Crippen LogP contribution in [0.2, 0.25) is 5.02 Å². The molecule has 0 radical (unpaired) electrons. The second-order valence-corrected chi connectivity index (χ2v) is 7.63. The molecule has 140 valence electrons. The van der Waals surface area contributed by atoms with Gasteiger partial charge in [-0.3, -0.25) is 4.79 Å². The molecular weight excluding hydrogens is 392 g/mol. The van der Waals surface area contributed by atoms with E-state index in [1.165, 1.54) is 11.8 Å². The number of nitrogens with one attached hydrogen (secondary N) is 1. The largest absolute Gasteiger partial charge is 0.325 e. The van der Waals surface area contributed by atoms with Crippen molar-refractivity contribution in [2.24, 2.45) is 0 Å². The first-order valence-electron chi connectivity index (χ1n) is 8.69. The Bertz CT molecular complexity index is 1140. The molecule has 4 aromatic rings. The van der Waals surface area contributed by atoms with Gasteiger partial charge in [0.05, 0.1) is 17.0 Å². The van der Waals surface area contributed by atoms with Gasteiger partial charge in [-0.05, 0) is 30.7 Å². The molecule has 1 N–H and O–H groups in total. The Morgan fingerprint density at radius 3 is 2.79 bits per heavy atom. The van der Waals surface area contributed by atoms with E-state index in [0.717, 1.165) is 27.4 Å². The quantitative estimate of drug-likeness (QED) is 0.467. The first-order chi connectivity index (χ1) is 13.6. The van der Waals surface area contributed by atoms with Gasteiger partial charge in [-0.25, -0.2) is 9.50 Å². The lowest BCUT2D eigenvalue weighted by atomic mass is 10.1. The predicted octanol–water partition coefficient (Wildman–Crippen LogP) is 5.09. The number of aryl methyl sites for hydroxylation is 1.